The minimum absolute atomic E-state index is 0.0187. The monoisotopic (exact) mass is 331 g/mol. The van der Waals surface area contributed by atoms with E-state index in [9.17, 15) is 13.9 Å². The first-order valence-corrected chi connectivity index (χ1v) is 8.26. The summed E-state index contributed by atoms with van der Waals surface area (Å²) >= 11 is 6.05. The van der Waals surface area contributed by atoms with Crippen molar-refractivity contribution in [3.63, 3.8) is 0 Å². The van der Waals surface area contributed by atoms with Crippen molar-refractivity contribution in [1.29, 1.82) is 0 Å². The van der Waals surface area contributed by atoms with Gasteiger partial charge in [-0.25, -0.2) is 8.78 Å². The molecular weight excluding hydrogens is 308 g/mol. The zero-order chi connectivity index (χ0) is 16.2. The summed E-state index contributed by atoms with van der Waals surface area (Å²) in [7, 11) is 0. The van der Waals surface area contributed by atoms with Gasteiger partial charge >= 0.3 is 0 Å². The largest absolute Gasteiger partial charge is 0.385 e. The molecule has 22 heavy (non-hydrogen) atoms. The first-order valence-electron chi connectivity index (χ1n) is 7.88. The molecule has 2 nitrogen and oxygen atoms in total. The third-order valence-electron chi connectivity index (χ3n) is 4.47. The first kappa shape index (κ1) is 17.6. The predicted octanol–water partition coefficient (Wildman–Crippen LogP) is 4.35. The molecule has 0 radical (unpaired) electrons. The summed E-state index contributed by atoms with van der Waals surface area (Å²) in [5.74, 6) is -2.68. The molecule has 124 valence electrons. The molecular formula is C17H24ClF2NO. The Kier molecular flexibility index (Phi) is 5.81. The molecule has 1 aliphatic rings. The van der Waals surface area contributed by atoms with E-state index < -0.39 is 11.5 Å². The summed E-state index contributed by atoms with van der Waals surface area (Å²) in [5.41, 5.74) is -0.378. The van der Waals surface area contributed by atoms with Crippen LogP contribution in [0.2, 0.25) is 5.02 Å². The number of alkyl halides is 2. The summed E-state index contributed by atoms with van der Waals surface area (Å²) in [4.78, 5) is 0. The highest BCUT2D eigenvalue weighted by Gasteiger charge is 2.39. The topological polar surface area (TPSA) is 32.3 Å². The van der Waals surface area contributed by atoms with Crippen molar-refractivity contribution in [1.82, 2.24) is 5.32 Å². The molecule has 5 heteroatoms. The van der Waals surface area contributed by atoms with E-state index in [2.05, 4.69) is 5.32 Å². The number of benzene rings is 1. The lowest BCUT2D eigenvalue weighted by atomic mass is 9.74. The molecule has 0 aromatic heterocycles. The maximum atomic E-state index is 13.1. The van der Waals surface area contributed by atoms with Crippen LogP contribution in [-0.2, 0) is 5.60 Å². The molecule has 0 spiro atoms. The molecule has 1 unspecified atom stereocenters. The molecule has 0 bridgehead atoms. The second kappa shape index (κ2) is 7.24. The Hall–Kier alpha value is -0.710. The SMILES string of the molecule is CC(F)(F)CCCC(O)(c1cccc(Cl)c1)[C@@H]1CCCNC1. The highest BCUT2D eigenvalue weighted by Crippen LogP contribution is 2.39. The van der Waals surface area contributed by atoms with E-state index in [1.54, 1.807) is 18.2 Å². The minimum Gasteiger partial charge on any atom is -0.385 e. The normalized spacial score (nSPS) is 22.3. The van der Waals surface area contributed by atoms with Crippen LogP contribution in [0.1, 0.15) is 44.6 Å². The van der Waals surface area contributed by atoms with Crippen LogP contribution in [0, 0.1) is 5.92 Å². The fourth-order valence-corrected chi connectivity index (χ4v) is 3.46. The van der Waals surface area contributed by atoms with Gasteiger partial charge < -0.3 is 10.4 Å². The van der Waals surface area contributed by atoms with Crippen LogP contribution in [0.3, 0.4) is 0 Å². The zero-order valence-electron chi connectivity index (χ0n) is 12.9. The smallest absolute Gasteiger partial charge is 0.245 e. The summed E-state index contributed by atoms with van der Waals surface area (Å²) in [6.07, 6.45) is 2.26. The lowest BCUT2D eigenvalue weighted by molar-refractivity contribution is -0.0520. The van der Waals surface area contributed by atoms with E-state index in [0.29, 0.717) is 18.0 Å². The van der Waals surface area contributed by atoms with Gasteiger partial charge in [-0.05, 0) is 56.8 Å². The molecule has 2 rings (SSSR count). The molecule has 2 N–H and O–H groups in total. The molecule has 0 saturated carbocycles. The molecule has 1 saturated heterocycles. The highest BCUT2D eigenvalue weighted by atomic mass is 35.5. The van der Waals surface area contributed by atoms with Crippen molar-refractivity contribution in [3.05, 3.63) is 34.9 Å². The predicted molar refractivity (Wildman–Crippen MR) is 85.4 cm³/mol. The molecule has 1 aliphatic heterocycles. The van der Waals surface area contributed by atoms with E-state index in [1.165, 1.54) is 0 Å². The van der Waals surface area contributed by atoms with E-state index in [4.69, 9.17) is 11.6 Å². The van der Waals surface area contributed by atoms with Crippen LogP contribution in [0.4, 0.5) is 8.78 Å². The molecule has 2 atom stereocenters. The van der Waals surface area contributed by atoms with Crippen molar-refractivity contribution in [2.45, 2.75) is 50.6 Å². The van der Waals surface area contributed by atoms with E-state index in [1.807, 2.05) is 6.07 Å². The number of rotatable bonds is 6. The van der Waals surface area contributed by atoms with Crippen LogP contribution in [0.25, 0.3) is 0 Å². The Labute approximate surface area is 135 Å². The third-order valence-corrected chi connectivity index (χ3v) is 4.71. The maximum Gasteiger partial charge on any atom is 0.245 e. The highest BCUT2D eigenvalue weighted by molar-refractivity contribution is 6.30. The fourth-order valence-electron chi connectivity index (χ4n) is 3.27. The molecule has 1 heterocycles. The number of nitrogens with one attached hydrogen (secondary N) is 1. The fraction of sp³-hybridized carbons (Fsp3) is 0.647. The number of halogens is 3. The van der Waals surface area contributed by atoms with Crippen LogP contribution >= 0.6 is 11.6 Å². The van der Waals surface area contributed by atoms with Crippen molar-refractivity contribution in [3.8, 4) is 0 Å². The van der Waals surface area contributed by atoms with Gasteiger partial charge in [-0.1, -0.05) is 23.7 Å². The van der Waals surface area contributed by atoms with Gasteiger partial charge in [0.1, 0.15) is 0 Å². The molecule has 1 aromatic carbocycles. The maximum absolute atomic E-state index is 13.1. The Morgan fingerprint density at radius 1 is 1.36 bits per heavy atom. The van der Waals surface area contributed by atoms with E-state index in [-0.39, 0.29) is 18.8 Å². The Morgan fingerprint density at radius 2 is 2.14 bits per heavy atom. The molecule has 0 amide bonds. The van der Waals surface area contributed by atoms with Gasteiger partial charge in [-0.3, -0.25) is 0 Å². The lowest BCUT2D eigenvalue weighted by Gasteiger charge is -2.39. The summed E-state index contributed by atoms with van der Waals surface area (Å²) < 4.78 is 26.2. The quantitative estimate of drug-likeness (QED) is 0.812. The van der Waals surface area contributed by atoms with Gasteiger partial charge in [-0.15, -0.1) is 0 Å². The summed E-state index contributed by atoms with van der Waals surface area (Å²) in [5, 5.41) is 15.1. The van der Waals surface area contributed by atoms with Crippen molar-refractivity contribution >= 4 is 11.6 Å². The third kappa shape index (κ3) is 4.64. The van der Waals surface area contributed by atoms with Gasteiger partial charge in [0.15, 0.2) is 0 Å². The van der Waals surface area contributed by atoms with E-state index >= 15 is 0 Å². The summed E-state index contributed by atoms with van der Waals surface area (Å²) in [6.45, 7) is 2.56. The minimum atomic E-state index is -2.69. The lowest BCUT2D eigenvalue weighted by Crippen LogP contribution is -2.44. The molecule has 1 aromatic rings. The Bertz CT molecular complexity index is 486. The van der Waals surface area contributed by atoms with Gasteiger partial charge in [0, 0.05) is 23.9 Å². The Balaban J connectivity index is 2.19. The van der Waals surface area contributed by atoms with Crippen molar-refractivity contribution in [2.75, 3.05) is 13.1 Å². The molecule has 1 fully saturated rings. The van der Waals surface area contributed by atoms with Gasteiger partial charge in [-0.2, -0.15) is 0 Å². The van der Waals surface area contributed by atoms with Crippen LogP contribution < -0.4 is 5.32 Å². The van der Waals surface area contributed by atoms with E-state index in [0.717, 1.165) is 31.9 Å². The second-order valence-corrected chi connectivity index (χ2v) is 6.84. The van der Waals surface area contributed by atoms with Gasteiger partial charge in [0.2, 0.25) is 5.92 Å². The van der Waals surface area contributed by atoms with Gasteiger partial charge in [0.25, 0.3) is 0 Å². The standard InChI is InChI=1S/C17H24ClF2NO/c1-16(19,20)8-4-9-17(22,14-6-3-10-21-12-14)13-5-2-7-15(18)11-13/h2,5,7,11,14,21-22H,3-4,6,8-10,12H2,1H3/t14-,17?/m1/s1. The van der Waals surface area contributed by atoms with Crippen LogP contribution in [0.5, 0.6) is 0 Å². The van der Waals surface area contributed by atoms with Crippen LogP contribution in [0.15, 0.2) is 24.3 Å². The number of hydrogen-bond acceptors (Lipinski definition) is 2. The second-order valence-electron chi connectivity index (χ2n) is 6.40. The van der Waals surface area contributed by atoms with Gasteiger partial charge in [0.05, 0.1) is 5.60 Å². The molecule has 0 aliphatic carbocycles. The van der Waals surface area contributed by atoms with Crippen molar-refractivity contribution < 1.29 is 13.9 Å². The average Bonchev–Trinajstić information content (AvgIpc) is 2.46. The number of aliphatic hydroxyl groups is 1. The Morgan fingerprint density at radius 3 is 2.73 bits per heavy atom. The first-order chi connectivity index (χ1) is 10.3. The average molecular weight is 332 g/mol. The zero-order valence-corrected chi connectivity index (χ0v) is 13.7. The number of piperidine rings is 1. The van der Waals surface area contributed by atoms with Crippen molar-refractivity contribution in [2.24, 2.45) is 5.92 Å². The number of hydrogen-bond donors (Lipinski definition) is 2. The summed E-state index contributed by atoms with van der Waals surface area (Å²) in [6, 6.07) is 7.14. The van der Waals surface area contributed by atoms with Crippen LogP contribution in [-0.4, -0.2) is 24.1 Å².